The first-order valence-corrected chi connectivity index (χ1v) is 10.0. The highest BCUT2D eigenvalue weighted by atomic mass is 16.5. The van der Waals surface area contributed by atoms with Crippen LogP contribution in [0.3, 0.4) is 0 Å². The van der Waals surface area contributed by atoms with Gasteiger partial charge in [0.1, 0.15) is 17.5 Å². The van der Waals surface area contributed by atoms with Crippen LogP contribution >= 0.6 is 0 Å². The predicted octanol–water partition coefficient (Wildman–Crippen LogP) is 4.91. The fourth-order valence-corrected chi connectivity index (χ4v) is 3.44. The number of hydrogen-bond donors (Lipinski definition) is 1. The Balaban J connectivity index is 1.86. The van der Waals surface area contributed by atoms with Crippen LogP contribution in [-0.2, 0) is 11.3 Å². The smallest absolute Gasteiger partial charge is 0.246 e. The van der Waals surface area contributed by atoms with Crippen LogP contribution in [0.1, 0.15) is 24.1 Å². The molecular formula is C25H28N2O3. The minimum atomic E-state index is -0.466. The zero-order valence-electron chi connectivity index (χ0n) is 17.7. The third-order valence-electron chi connectivity index (χ3n) is 4.82. The van der Waals surface area contributed by atoms with Crippen molar-refractivity contribution in [2.45, 2.75) is 19.5 Å². The number of ether oxygens (including phenoxy) is 2. The molecule has 0 aliphatic carbocycles. The lowest BCUT2D eigenvalue weighted by Crippen LogP contribution is -2.34. The first-order chi connectivity index (χ1) is 14.6. The second kappa shape index (κ2) is 10.5. The summed E-state index contributed by atoms with van der Waals surface area (Å²) in [7, 11) is 3.60. The third-order valence-corrected chi connectivity index (χ3v) is 4.82. The fraction of sp³-hybridized carbons (Fsp3) is 0.240. The van der Waals surface area contributed by atoms with Gasteiger partial charge in [-0.05, 0) is 49.4 Å². The number of rotatable bonds is 9. The van der Waals surface area contributed by atoms with Crippen molar-refractivity contribution in [3.05, 3.63) is 90.0 Å². The van der Waals surface area contributed by atoms with Gasteiger partial charge < -0.3 is 14.8 Å². The van der Waals surface area contributed by atoms with Crippen molar-refractivity contribution in [1.82, 2.24) is 4.90 Å². The molecule has 0 aliphatic rings. The maximum absolute atomic E-state index is 13.4. The second-order valence-electron chi connectivity index (χ2n) is 7.00. The molecule has 0 saturated heterocycles. The summed E-state index contributed by atoms with van der Waals surface area (Å²) in [5.74, 6) is 1.35. The number of amides is 1. The third kappa shape index (κ3) is 5.39. The van der Waals surface area contributed by atoms with Crippen molar-refractivity contribution in [2.75, 3.05) is 26.1 Å². The minimum absolute atomic E-state index is 0.112. The molecule has 0 fully saturated rings. The molecule has 0 aromatic heterocycles. The normalized spacial score (nSPS) is 11.7. The van der Waals surface area contributed by atoms with Gasteiger partial charge in [-0.25, -0.2) is 0 Å². The number of carbonyl (C=O) groups excluding carboxylic acids is 1. The number of para-hydroxylation sites is 2. The molecule has 0 bridgehead atoms. The summed E-state index contributed by atoms with van der Waals surface area (Å²) < 4.78 is 11.0. The van der Waals surface area contributed by atoms with Crippen LogP contribution in [0.25, 0.3) is 0 Å². The van der Waals surface area contributed by atoms with Crippen molar-refractivity contribution in [3.8, 4) is 11.5 Å². The standard InChI is InChI=1S/C25H28N2O3/c1-4-30-23-16-9-8-15-22(23)26-25(28)24(20-12-6-5-7-13-20)27(2)18-19-11-10-14-21(17-19)29-3/h5-17,24H,4,18H2,1-3H3,(H,26,28)/t24-/m1/s1. The molecule has 1 amide bonds. The molecule has 0 heterocycles. The zero-order valence-corrected chi connectivity index (χ0v) is 17.7. The van der Waals surface area contributed by atoms with E-state index in [0.29, 0.717) is 24.6 Å². The monoisotopic (exact) mass is 404 g/mol. The van der Waals surface area contributed by atoms with E-state index in [0.717, 1.165) is 16.9 Å². The van der Waals surface area contributed by atoms with Crippen LogP contribution in [0.5, 0.6) is 11.5 Å². The number of nitrogens with zero attached hydrogens (tertiary/aromatic N) is 1. The molecule has 1 atom stereocenters. The Morgan fingerprint density at radius 3 is 2.47 bits per heavy atom. The number of carbonyl (C=O) groups is 1. The molecule has 3 aromatic carbocycles. The summed E-state index contributed by atoms with van der Waals surface area (Å²) in [5, 5.41) is 3.05. The number of methoxy groups -OCH3 is 1. The zero-order chi connectivity index (χ0) is 21.3. The molecule has 0 radical (unpaired) electrons. The van der Waals surface area contributed by atoms with E-state index in [2.05, 4.69) is 5.32 Å². The average molecular weight is 405 g/mol. The van der Waals surface area contributed by atoms with Crippen molar-refractivity contribution in [2.24, 2.45) is 0 Å². The highest BCUT2D eigenvalue weighted by Gasteiger charge is 2.26. The molecular weight excluding hydrogens is 376 g/mol. The molecule has 30 heavy (non-hydrogen) atoms. The van der Waals surface area contributed by atoms with Crippen molar-refractivity contribution in [1.29, 1.82) is 0 Å². The number of likely N-dealkylation sites (N-methyl/N-ethyl adjacent to an activating group) is 1. The van der Waals surface area contributed by atoms with Crippen LogP contribution in [0.2, 0.25) is 0 Å². The summed E-state index contributed by atoms with van der Waals surface area (Å²) in [6, 6.07) is 24.7. The van der Waals surface area contributed by atoms with Crippen LogP contribution < -0.4 is 14.8 Å². The largest absolute Gasteiger partial charge is 0.497 e. The Morgan fingerprint density at radius 2 is 1.73 bits per heavy atom. The van der Waals surface area contributed by atoms with E-state index in [-0.39, 0.29) is 5.91 Å². The highest BCUT2D eigenvalue weighted by Crippen LogP contribution is 2.28. The molecule has 1 N–H and O–H groups in total. The van der Waals surface area contributed by atoms with E-state index in [1.807, 2.05) is 97.7 Å². The van der Waals surface area contributed by atoms with E-state index in [1.165, 1.54) is 0 Å². The topological polar surface area (TPSA) is 50.8 Å². The van der Waals surface area contributed by atoms with Crippen LogP contribution in [0.4, 0.5) is 5.69 Å². The lowest BCUT2D eigenvalue weighted by molar-refractivity contribution is -0.121. The maximum atomic E-state index is 13.4. The fourth-order valence-electron chi connectivity index (χ4n) is 3.44. The Morgan fingerprint density at radius 1 is 1.00 bits per heavy atom. The van der Waals surface area contributed by atoms with Crippen molar-refractivity contribution >= 4 is 11.6 Å². The highest BCUT2D eigenvalue weighted by molar-refractivity contribution is 5.96. The van der Waals surface area contributed by atoms with Gasteiger partial charge >= 0.3 is 0 Å². The molecule has 5 nitrogen and oxygen atoms in total. The molecule has 0 spiro atoms. The van der Waals surface area contributed by atoms with E-state index in [4.69, 9.17) is 9.47 Å². The molecule has 0 aliphatic heterocycles. The van der Waals surface area contributed by atoms with Gasteiger partial charge in [-0.3, -0.25) is 9.69 Å². The number of nitrogens with one attached hydrogen (secondary N) is 1. The van der Waals surface area contributed by atoms with E-state index < -0.39 is 6.04 Å². The van der Waals surface area contributed by atoms with Gasteiger partial charge in [0.25, 0.3) is 0 Å². The average Bonchev–Trinajstić information content (AvgIpc) is 2.76. The quantitative estimate of drug-likeness (QED) is 0.551. The van der Waals surface area contributed by atoms with Gasteiger partial charge in [0.2, 0.25) is 5.91 Å². The molecule has 3 aromatic rings. The van der Waals surface area contributed by atoms with E-state index >= 15 is 0 Å². The number of benzene rings is 3. The maximum Gasteiger partial charge on any atom is 0.246 e. The first kappa shape index (κ1) is 21.4. The van der Waals surface area contributed by atoms with Gasteiger partial charge in [0.15, 0.2) is 0 Å². The number of anilines is 1. The van der Waals surface area contributed by atoms with Gasteiger partial charge in [0, 0.05) is 6.54 Å². The van der Waals surface area contributed by atoms with Gasteiger partial charge in [0.05, 0.1) is 19.4 Å². The second-order valence-corrected chi connectivity index (χ2v) is 7.00. The predicted molar refractivity (Wildman–Crippen MR) is 120 cm³/mol. The summed E-state index contributed by atoms with van der Waals surface area (Å²) in [5.41, 5.74) is 2.66. The Hall–Kier alpha value is -3.31. The lowest BCUT2D eigenvalue weighted by atomic mass is 10.0. The number of hydrogen-bond acceptors (Lipinski definition) is 4. The summed E-state index contributed by atoms with van der Waals surface area (Å²) in [6.45, 7) is 3.05. The Labute approximate surface area is 178 Å². The molecule has 3 rings (SSSR count). The molecule has 5 heteroatoms. The molecule has 0 unspecified atom stereocenters. The van der Waals surface area contributed by atoms with Gasteiger partial charge in [-0.2, -0.15) is 0 Å². The summed E-state index contributed by atoms with van der Waals surface area (Å²) >= 11 is 0. The Kier molecular flexibility index (Phi) is 7.46. The van der Waals surface area contributed by atoms with Crippen molar-refractivity contribution in [3.63, 3.8) is 0 Å². The minimum Gasteiger partial charge on any atom is -0.497 e. The van der Waals surface area contributed by atoms with E-state index in [9.17, 15) is 4.79 Å². The lowest BCUT2D eigenvalue weighted by Gasteiger charge is -2.28. The van der Waals surface area contributed by atoms with E-state index in [1.54, 1.807) is 7.11 Å². The van der Waals surface area contributed by atoms with Gasteiger partial charge in [-0.1, -0.05) is 54.6 Å². The Bertz CT molecular complexity index is 959. The first-order valence-electron chi connectivity index (χ1n) is 10.0. The van der Waals surface area contributed by atoms with Crippen LogP contribution in [0.15, 0.2) is 78.9 Å². The summed E-state index contributed by atoms with van der Waals surface area (Å²) in [4.78, 5) is 15.4. The van der Waals surface area contributed by atoms with Gasteiger partial charge in [-0.15, -0.1) is 0 Å². The van der Waals surface area contributed by atoms with Crippen LogP contribution in [-0.4, -0.2) is 31.6 Å². The van der Waals surface area contributed by atoms with Crippen LogP contribution in [0, 0.1) is 0 Å². The SMILES string of the molecule is CCOc1ccccc1NC(=O)[C@@H](c1ccccc1)N(C)Cc1cccc(OC)c1. The van der Waals surface area contributed by atoms with Crippen molar-refractivity contribution < 1.29 is 14.3 Å². The molecule has 0 saturated carbocycles. The summed E-state index contributed by atoms with van der Waals surface area (Å²) in [6.07, 6.45) is 0. The molecule has 156 valence electrons.